The van der Waals surface area contributed by atoms with E-state index in [4.69, 9.17) is 4.11 Å². The van der Waals surface area contributed by atoms with Crippen molar-refractivity contribution in [2.75, 3.05) is 13.1 Å². The van der Waals surface area contributed by atoms with Crippen molar-refractivity contribution in [2.45, 2.75) is 25.3 Å². The van der Waals surface area contributed by atoms with Crippen molar-refractivity contribution < 1.29 is 8.91 Å². The van der Waals surface area contributed by atoms with Gasteiger partial charge in [-0.05, 0) is 49.0 Å². The van der Waals surface area contributed by atoms with E-state index in [9.17, 15) is 4.79 Å². The van der Waals surface area contributed by atoms with Gasteiger partial charge in [-0.2, -0.15) is 10.2 Å². The van der Waals surface area contributed by atoms with Gasteiger partial charge in [0.2, 0.25) is 0 Å². The summed E-state index contributed by atoms with van der Waals surface area (Å²) in [7, 11) is 0. The predicted octanol–water partition coefficient (Wildman–Crippen LogP) is 3.18. The number of Topliss-reactive ketones (excluding diaryl/α,β-unsaturated/α-hetero) is 1. The summed E-state index contributed by atoms with van der Waals surface area (Å²) < 4.78 is 25.4. The Hall–Kier alpha value is -3.32. The Morgan fingerprint density at radius 1 is 1.10 bits per heavy atom. The largest absolute Gasteiger partial charge is 0.317 e. The first-order chi connectivity index (χ1) is 15.9. The molecule has 0 aliphatic carbocycles. The maximum absolute atomic E-state index is 12.9. The monoisotopic (exact) mass is 403 g/mol. The van der Waals surface area contributed by atoms with Crippen molar-refractivity contribution >= 4 is 16.6 Å². The topological polar surface area (TPSA) is 77.6 Å². The normalized spacial score (nSPS) is 16.9. The fraction of sp³-hybridized carbons (Fsp3) is 0.304. The Labute approximate surface area is 179 Å². The average Bonchev–Trinajstić information content (AvgIpc) is 3.49. The molecule has 0 spiro atoms. The van der Waals surface area contributed by atoms with Crippen molar-refractivity contribution in [3.8, 4) is 11.1 Å². The van der Waals surface area contributed by atoms with Gasteiger partial charge in [0.1, 0.15) is 0 Å². The minimum atomic E-state index is -2.31. The SMILES string of the molecule is [2H]C([2H])([2H])n1cc(-c2ccc3cnc(CC(=O)c4cnn(C5CCNCC5)c4)cc3c2)cn1. The molecule has 4 heterocycles. The first-order valence-electron chi connectivity index (χ1n) is 11.6. The number of pyridine rings is 1. The Balaban J connectivity index is 1.35. The first-order valence-corrected chi connectivity index (χ1v) is 10.1. The molecule has 1 aliphatic rings. The van der Waals surface area contributed by atoms with Crippen LogP contribution in [0.25, 0.3) is 21.9 Å². The van der Waals surface area contributed by atoms with Gasteiger partial charge >= 0.3 is 0 Å². The molecule has 0 atom stereocenters. The number of piperidine rings is 1. The van der Waals surface area contributed by atoms with Crippen molar-refractivity contribution in [3.63, 3.8) is 0 Å². The van der Waals surface area contributed by atoms with Crippen LogP contribution in [0.2, 0.25) is 0 Å². The van der Waals surface area contributed by atoms with E-state index in [1.807, 2.05) is 35.1 Å². The Bertz CT molecular complexity index is 1300. The lowest BCUT2D eigenvalue weighted by molar-refractivity contribution is 0.0992. The molecule has 0 bridgehead atoms. The van der Waals surface area contributed by atoms with E-state index in [1.165, 1.54) is 6.20 Å². The van der Waals surface area contributed by atoms with Crippen molar-refractivity contribution in [1.82, 2.24) is 29.9 Å². The van der Waals surface area contributed by atoms with E-state index < -0.39 is 6.98 Å². The molecule has 0 saturated carbocycles. The molecule has 1 saturated heterocycles. The highest BCUT2D eigenvalue weighted by Crippen LogP contribution is 2.24. The third kappa shape index (κ3) is 3.76. The van der Waals surface area contributed by atoms with Crippen LogP contribution in [0, 0.1) is 0 Å². The van der Waals surface area contributed by atoms with Gasteiger partial charge in [0.05, 0.1) is 30.4 Å². The standard InChI is InChI=1S/C23H24N6O/c1-28-14-19(12-26-28)16-2-3-17-11-25-21(9-18(17)8-16)10-23(30)20-13-27-29(15-20)22-4-6-24-7-5-22/h2-3,8-9,11-15,22,24H,4-7,10H2,1H3/i1D3. The van der Waals surface area contributed by atoms with Gasteiger partial charge in [-0.1, -0.05) is 12.1 Å². The van der Waals surface area contributed by atoms with Gasteiger partial charge in [-0.15, -0.1) is 0 Å². The van der Waals surface area contributed by atoms with Crippen LogP contribution in [0.15, 0.2) is 55.2 Å². The fourth-order valence-corrected chi connectivity index (χ4v) is 3.95. The molecule has 30 heavy (non-hydrogen) atoms. The predicted molar refractivity (Wildman–Crippen MR) is 115 cm³/mol. The minimum absolute atomic E-state index is 0.0165. The van der Waals surface area contributed by atoms with Crippen molar-refractivity contribution in [1.29, 1.82) is 0 Å². The number of benzene rings is 1. The average molecular weight is 404 g/mol. The van der Waals surface area contributed by atoms with E-state index in [1.54, 1.807) is 18.6 Å². The first kappa shape index (κ1) is 15.5. The Kier molecular flexibility index (Phi) is 4.05. The summed E-state index contributed by atoms with van der Waals surface area (Å²) in [5.41, 5.74) is 2.84. The van der Waals surface area contributed by atoms with Crippen LogP contribution in [0.3, 0.4) is 0 Å². The highest BCUT2D eigenvalue weighted by atomic mass is 16.1. The van der Waals surface area contributed by atoms with Crippen LogP contribution in [-0.2, 0) is 13.4 Å². The molecule has 5 rings (SSSR count). The summed E-state index contributed by atoms with van der Waals surface area (Å²) >= 11 is 0. The van der Waals surface area contributed by atoms with Crippen LogP contribution < -0.4 is 5.32 Å². The molecule has 1 aromatic carbocycles. The number of carbonyl (C=O) groups is 1. The van der Waals surface area contributed by atoms with E-state index in [0.29, 0.717) is 22.9 Å². The Morgan fingerprint density at radius 3 is 2.83 bits per heavy atom. The molecular formula is C23H24N6O. The maximum Gasteiger partial charge on any atom is 0.171 e. The molecule has 1 fully saturated rings. The number of ketones is 1. The number of aryl methyl sites for hydroxylation is 1. The number of carbonyl (C=O) groups excluding carboxylic acids is 1. The van der Waals surface area contributed by atoms with Crippen molar-refractivity contribution in [2.24, 2.45) is 6.98 Å². The molecular weight excluding hydrogens is 376 g/mol. The molecule has 4 aromatic rings. The van der Waals surface area contributed by atoms with Gasteiger partial charge in [0.15, 0.2) is 5.78 Å². The molecule has 0 unspecified atom stereocenters. The smallest absolute Gasteiger partial charge is 0.171 e. The molecule has 1 N–H and O–H groups in total. The zero-order chi connectivity index (χ0) is 23.0. The second-order valence-corrected chi connectivity index (χ2v) is 7.70. The number of nitrogens with one attached hydrogen (secondary N) is 1. The molecule has 0 amide bonds. The summed E-state index contributed by atoms with van der Waals surface area (Å²) in [6, 6.07) is 8.03. The quantitative estimate of drug-likeness (QED) is 0.518. The number of hydrogen-bond donors (Lipinski definition) is 1. The van der Waals surface area contributed by atoms with Crippen LogP contribution in [-0.4, -0.2) is 43.4 Å². The second-order valence-electron chi connectivity index (χ2n) is 7.70. The number of fused-ring (bicyclic) bond motifs is 1. The van der Waals surface area contributed by atoms with E-state index >= 15 is 0 Å². The highest BCUT2D eigenvalue weighted by Gasteiger charge is 2.18. The van der Waals surface area contributed by atoms with E-state index in [2.05, 4.69) is 20.5 Å². The molecule has 7 nitrogen and oxygen atoms in total. The van der Waals surface area contributed by atoms with Crippen LogP contribution in [0.1, 0.15) is 39.0 Å². The number of aromatic nitrogens is 5. The molecule has 1 aliphatic heterocycles. The number of rotatable bonds is 5. The third-order valence-electron chi connectivity index (χ3n) is 5.64. The maximum atomic E-state index is 12.9. The fourth-order valence-electron chi connectivity index (χ4n) is 3.95. The third-order valence-corrected chi connectivity index (χ3v) is 5.64. The lowest BCUT2D eigenvalue weighted by Crippen LogP contribution is -2.29. The number of hydrogen-bond acceptors (Lipinski definition) is 5. The van der Waals surface area contributed by atoms with Crippen molar-refractivity contribution in [3.05, 3.63) is 66.5 Å². The highest BCUT2D eigenvalue weighted by molar-refractivity contribution is 5.97. The summed E-state index contributed by atoms with van der Waals surface area (Å²) in [4.78, 5) is 17.3. The summed E-state index contributed by atoms with van der Waals surface area (Å²) in [5, 5.41) is 13.6. The summed E-state index contributed by atoms with van der Waals surface area (Å²) in [6.45, 7) is -0.379. The molecule has 3 aromatic heterocycles. The van der Waals surface area contributed by atoms with Gasteiger partial charge in [0, 0.05) is 46.3 Å². The van der Waals surface area contributed by atoms with Gasteiger partial charge in [-0.3, -0.25) is 19.1 Å². The van der Waals surface area contributed by atoms with Gasteiger partial charge in [0.25, 0.3) is 0 Å². The summed E-state index contributed by atoms with van der Waals surface area (Å²) in [6.07, 6.45) is 10.5. The second kappa shape index (κ2) is 7.84. The minimum Gasteiger partial charge on any atom is -0.317 e. The van der Waals surface area contributed by atoms with E-state index in [-0.39, 0.29) is 12.2 Å². The lowest BCUT2D eigenvalue weighted by Gasteiger charge is -2.22. The zero-order valence-electron chi connectivity index (χ0n) is 19.5. The zero-order valence-corrected chi connectivity index (χ0v) is 16.5. The van der Waals surface area contributed by atoms with Crippen LogP contribution in [0.5, 0.6) is 0 Å². The van der Waals surface area contributed by atoms with Gasteiger partial charge < -0.3 is 5.32 Å². The van der Waals surface area contributed by atoms with E-state index in [0.717, 1.165) is 46.9 Å². The Morgan fingerprint density at radius 2 is 2.00 bits per heavy atom. The number of nitrogens with zero attached hydrogens (tertiary/aromatic N) is 5. The summed E-state index contributed by atoms with van der Waals surface area (Å²) in [5.74, 6) is -0.0165. The van der Waals surface area contributed by atoms with Crippen LogP contribution >= 0.6 is 0 Å². The molecule has 7 heteroatoms. The molecule has 0 radical (unpaired) electrons. The molecule has 152 valence electrons. The van der Waals surface area contributed by atoms with Gasteiger partial charge in [-0.25, -0.2) is 0 Å². The lowest BCUT2D eigenvalue weighted by atomic mass is 10.0. The van der Waals surface area contributed by atoms with Crippen LogP contribution in [0.4, 0.5) is 0 Å².